The fourth-order valence-corrected chi connectivity index (χ4v) is 2.23. The number of anilines is 1. The molecule has 90 valence electrons. The molecule has 3 aromatic rings. The molecule has 18 heavy (non-hydrogen) atoms. The zero-order valence-corrected chi connectivity index (χ0v) is 10.5. The van der Waals surface area contributed by atoms with Crippen molar-refractivity contribution >= 4 is 16.7 Å². The van der Waals surface area contributed by atoms with Crippen molar-refractivity contribution in [3.63, 3.8) is 0 Å². The summed E-state index contributed by atoms with van der Waals surface area (Å²) in [6.45, 7) is 4.10. The average molecular weight is 237 g/mol. The topological polar surface area (TPSA) is 39.2 Å². The predicted molar refractivity (Wildman–Crippen MR) is 75.5 cm³/mol. The van der Waals surface area contributed by atoms with Gasteiger partial charge in [0.25, 0.3) is 0 Å². The van der Waals surface area contributed by atoms with E-state index in [0.29, 0.717) is 0 Å². The van der Waals surface area contributed by atoms with E-state index in [1.165, 1.54) is 5.56 Å². The summed E-state index contributed by atoms with van der Waals surface area (Å²) in [6.07, 6.45) is 0. The van der Waals surface area contributed by atoms with Gasteiger partial charge in [-0.25, -0.2) is 0 Å². The fraction of sp³-hybridized carbons (Fsp3) is 0.125. The first-order valence-corrected chi connectivity index (χ1v) is 6.01. The minimum atomic E-state index is 0.748. The lowest BCUT2D eigenvalue weighted by atomic mass is 10.1. The first-order chi connectivity index (χ1) is 8.65. The summed E-state index contributed by atoms with van der Waals surface area (Å²) >= 11 is 0. The largest absolute Gasteiger partial charge is 0.456 e. The van der Waals surface area contributed by atoms with Crippen molar-refractivity contribution in [2.24, 2.45) is 0 Å². The molecule has 0 aliphatic carbocycles. The standard InChI is InChI=1S/C16H15NO/c1-10-6-7-14(17)13(8-10)15-9-12-5-3-4-11(2)16(12)18-15/h3-9H,17H2,1-2H3. The van der Waals surface area contributed by atoms with Gasteiger partial charge in [0.2, 0.25) is 0 Å². The minimum absolute atomic E-state index is 0.748. The van der Waals surface area contributed by atoms with Crippen LogP contribution in [-0.4, -0.2) is 0 Å². The molecule has 0 unspecified atom stereocenters. The second-order valence-corrected chi connectivity index (χ2v) is 4.69. The molecule has 0 bridgehead atoms. The van der Waals surface area contributed by atoms with Crippen molar-refractivity contribution in [3.05, 3.63) is 53.6 Å². The van der Waals surface area contributed by atoms with Crippen LogP contribution in [0.15, 0.2) is 46.9 Å². The van der Waals surface area contributed by atoms with E-state index in [1.807, 2.05) is 24.3 Å². The molecule has 0 aliphatic rings. The summed E-state index contributed by atoms with van der Waals surface area (Å²) in [5.41, 5.74) is 11.0. The maximum absolute atomic E-state index is 6.02. The molecule has 0 atom stereocenters. The van der Waals surface area contributed by atoms with E-state index in [1.54, 1.807) is 0 Å². The van der Waals surface area contributed by atoms with Gasteiger partial charge < -0.3 is 10.2 Å². The maximum Gasteiger partial charge on any atom is 0.137 e. The summed E-state index contributed by atoms with van der Waals surface area (Å²) in [4.78, 5) is 0. The number of nitrogen functional groups attached to an aromatic ring is 1. The Morgan fingerprint density at radius 2 is 1.83 bits per heavy atom. The minimum Gasteiger partial charge on any atom is -0.456 e. The third kappa shape index (κ3) is 1.66. The molecule has 2 N–H and O–H groups in total. The molecule has 2 heteroatoms. The number of hydrogen-bond acceptors (Lipinski definition) is 2. The predicted octanol–water partition coefficient (Wildman–Crippen LogP) is 4.30. The van der Waals surface area contributed by atoms with Crippen LogP contribution in [0.4, 0.5) is 5.69 Å². The van der Waals surface area contributed by atoms with Crippen LogP contribution in [0.2, 0.25) is 0 Å². The molecule has 3 rings (SSSR count). The smallest absolute Gasteiger partial charge is 0.137 e. The summed E-state index contributed by atoms with van der Waals surface area (Å²) in [5.74, 6) is 0.834. The number of rotatable bonds is 1. The van der Waals surface area contributed by atoms with Crippen LogP contribution in [0.25, 0.3) is 22.3 Å². The summed E-state index contributed by atoms with van der Waals surface area (Å²) in [7, 11) is 0. The lowest BCUT2D eigenvalue weighted by Gasteiger charge is -2.03. The molecule has 1 aromatic heterocycles. The van der Waals surface area contributed by atoms with Gasteiger partial charge in [-0.2, -0.15) is 0 Å². The molecule has 0 fully saturated rings. The Bertz CT molecular complexity index is 725. The molecule has 0 saturated heterocycles. The molecule has 0 amide bonds. The van der Waals surface area contributed by atoms with Crippen LogP contribution < -0.4 is 5.73 Å². The van der Waals surface area contributed by atoms with Crippen molar-refractivity contribution in [2.75, 3.05) is 5.73 Å². The Labute approximate surface area is 106 Å². The van der Waals surface area contributed by atoms with Gasteiger partial charge in [-0.15, -0.1) is 0 Å². The Balaban J connectivity index is 2.26. The maximum atomic E-state index is 6.02. The van der Waals surface area contributed by atoms with E-state index in [2.05, 4.69) is 32.0 Å². The lowest BCUT2D eigenvalue weighted by molar-refractivity contribution is 0.629. The van der Waals surface area contributed by atoms with Gasteiger partial charge in [0.15, 0.2) is 0 Å². The van der Waals surface area contributed by atoms with Gasteiger partial charge in [-0.1, -0.05) is 29.8 Å². The van der Waals surface area contributed by atoms with Gasteiger partial charge in [-0.05, 0) is 37.6 Å². The molecule has 0 radical (unpaired) electrons. The van der Waals surface area contributed by atoms with E-state index in [9.17, 15) is 0 Å². The fourth-order valence-electron chi connectivity index (χ4n) is 2.23. The van der Waals surface area contributed by atoms with Crippen LogP contribution in [0.1, 0.15) is 11.1 Å². The van der Waals surface area contributed by atoms with E-state index >= 15 is 0 Å². The van der Waals surface area contributed by atoms with Gasteiger partial charge in [0, 0.05) is 16.6 Å². The number of fused-ring (bicyclic) bond motifs is 1. The van der Waals surface area contributed by atoms with Crippen LogP contribution in [0.5, 0.6) is 0 Å². The molecule has 0 saturated carbocycles. The lowest BCUT2D eigenvalue weighted by Crippen LogP contribution is -1.89. The van der Waals surface area contributed by atoms with Gasteiger partial charge >= 0.3 is 0 Å². The first-order valence-electron chi connectivity index (χ1n) is 6.01. The monoisotopic (exact) mass is 237 g/mol. The van der Waals surface area contributed by atoms with Crippen molar-refractivity contribution in [1.29, 1.82) is 0 Å². The van der Waals surface area contributed by atoms with E-state index in [4.69, 9.17) is 10.2 Å². The summed E-state index contributed by atoms with van der Waals surface area (Å²) in [6, 6.07) is 14.2. The number of hydrogen-bond donors (Lipinski definition) is 1. The number of para-hydroxylation sites is 1. The van der Waals surface area contributed by atoms with E-state index in [-0.39, 0.29) is 0 Å². The van der Waals surface area contributed by atoms with Crippen LogP contribution in [0, 0.1) is 13.8 Å². The van der Waals surface area contributed by atoms with Crippen molar-refractivity contribution in [1.82, 2.24) is 0 Å². The van der Waals surface area contributed by atoms with Crippen molar-refractivity contribution < 1.29 is 4.42 Å². The van der Waals surface area contributed by atoms with Crippen LogP contribution in [-0.2, 0) is 0 Å². The highest BCUT2D eigenvalue weighted by Crippen LogP contribution is 2.33. The van der Waals surface area contributed by atoms with E-state index in [0.717, 1.165) is 33.5 Å². The zero-order valence-electron chi connectivity index (χ0n) is 10.5. The summed E-state index contributed by atoms with van der Waals surface area (Å²) in [5, 5.41) is 1.12. The van der Waals surface area contributed by atoms with Crippen molar-refractivity contribution in [3.8, 4) is 11.3 Å². The highest BCUT2D eigenvalue weighted by Gasteiger charge is 2.10. The third-order valence-corrected chi connectivity index (χ3v) is 3.22. The number of aryl methyl sites for hydroxylation is 2. The molecule has 2 aromatic carbocycles. The molecule has 1 heterocycles. The number of benzene rings is 2. The second-order valence-electron chi connectivity index (χ2n) is 4.69. The number of nitrogens with two attached hydrogens (primary N) is 1. The van der Waals surface area contributed by atoms with Gasteiger partial charge in [-0.3, -0.25) is 0 Å². The highest BCUT2D eigenvalue weighted by molar-refractivity contribution is 5.87. The Hall–Kier alpha value is -2.22. The SMILES string of the molecule is Cc1ccc(N)c(-c2cc3cccc(C)c3o2)c1. The van der Waals surface area contributed by atoms with Gasteiger partial charge in [0.05, 0.1) is 0 Å². The average Bonchev–Trinajstić information content (AvgIpc) is 2.77. The normalized spacial score (nSPS) is 11.0. The summed E-state index contributed by atoms with van der Waals surface area (Å²) < 4.78 is 5.94. The third-order valence-electron chi connectivity index (χ3n) is 3.22. The van der Waals surface area contributed by atoms with Gasteiger partial charge in [0.1, 0.15) is 11.3 Å². The first kappa shape index (κ1) is 10.9. The van der Waals surface area contributed by atoms with Crippen molar-refractivity contribution in [2.45, 2.75) is 13.8 Å². The van der Waals surface area contributed by atoms with E-state index < -0.39 is 0 Å². The number of furan rings is 1. The van der Waals surface area contributed by atoms with Crippen LogP contribution in [0.3, 0.4) is 0 Å². The molecule has 2 nitrogen and oxygen atoms in total. The molecular formula is C16H15NO. The Kier molecular flexibility index (Phi) is 2.37. The molecule has 0 aliphatic heterocycles. The molecule has 0 spiro atoms. The van der Waals surface area contributed by atoms with Crippen LogP contribution >= 0.6 is 0 Å². The Morgan fingerprint density at radius 3 is 2.61 bits per heavy atom. The Morgan fingerprint density at radius 1 is 1.00 bits per heavy atom. The second kappa shape index (κ2) is 3.91. The molecular weight excluding hydrogens is 222 g/mol. The zero-order chi connectivity index (χ0) is 12.7. The highest BCUT2D eigenvalue weighted by atomic mass is 16.3. The quantitative estimate of drug-likeness (QED) is 0.641.